The lowest BCUT2D eigenvalue weighted by Crippen LogP contribution is -2.59. The van der Waals surface area contributed by atoms with Gasteiger partial charge in [-0.3, -0.25) is 38.8 Å². The average molecular weight is 1670 g/mol. The first-order valence-electron chi connectivity index (χ1n) is 40.6. The number of nitrogens with one attached hydrogen (secondary N) is 2. The number of anilines is 4. The van der Waals surface area contributed by atoms with Crippen LogP contribution < -0.4 is 22.1 Å². The van der Waals surface area contributed by atoms with E-state index in [-0.39, 0.29) is 108 Å². The lowest BCUT2D eigenvalue weighted by molar-refractivity contribution is -0.158. The second-order valence-corrected chi connectivity index (χ2v) is 33.0. The summed E-state index contributed by atoms with van der Waals surface area (Å²) in [5.41, 5.74) is 10.2. The van der Waals surface area contributed by atoms with Crippen LogP contribution >= 0.6 is 23.2 Å². The monoisotopic (exact) mass is 1670 g/mol. The Hall–Kier alpha value is -8.56. The van der Waals surface area contributed by atoms with Gasteiger partial charge in [-0.15, -0.1) is 0 Å². The third-order valence-electron chi connectivity index (χ3n) is 24.3. The smallest absolute Gasteiger partial charge is 0.418 e. The van der Waals surface area contributed by atoms with Crippen molar-refractivity contribution >= 4 is 94.0 Å². The SMILES string of the molecule is CCCCOC(=O)C(C)(C)N1CCC(N2CCN(C(=O)[C@@H](Cc3cc(Cl)c(N)c(C(F)(F)F)c3)OC(=O)N3CCC(N4CCc5ccccc5NC4=O)CC3)CC2)CC1.CCOC(=O)C(C)(C)N1CCC(N2CCN(C(=O)[C@@H](Cc3cc(Cl)c(N)c(C(F)(F)F)c3)OC(=O)N3CCC(N4CCc5ccccc5NC4=O)CC3)CC2)CC1. The Morgan fingerprint density at radius 1 is 0.474 bits per heavy atom. The van der Waals surface area contributed by atoms with E-state index in [2.05, 4.69) is 30.2 Å². The van der Waals surface area contributed by atoms with Gasteiger partial charge in [-0.25, -0.2) is 19.2 Å². The molecule has 0 saturated carbocycles. The topological polar surface area (TPSA) is 282 Å². The maximum absolute atomic E-state index is 14.2. The normalized spacial score (nSPS) is 19.9. The van der Waals surface area contributed by atoms with E-state index < -0.39 is 82.1 Å². The molecule has 8 aliphatic rings. The molecule has 26 nitrogen and oxygen atoms in total. The van der Waals surface area contributed by atoms with Crippen molar-refractivity contribution in [3.8, 4) is 0 Å². The number of halogens is 8. The number of carbonyl (C=O) groups excluding carboxylic acids is 8. The minimum Gasteiger partial charge on any atom is -0.465 e. The van der Waals surface area contributed by atoms with Gasteiger partial charge >= 0.3 is 48.5 Å². The number of benzene rings is 4. The second-order valence-electron chi connectivity index (χ2n) is 32.2. The molecule has 0 unspecified atom stereocenters. The highest BCUT2D eigenvalue weighted by Gasteiger charge is 2.45. The van der Waals surface area contributed by atoms with Gasteiger partial charge in [-0.05, 0) is 164 Å². The molecule has 0 aliphatic carbocycles. The van der Waals surface area contributed by atoms with E-state index in [0.29, 0.717) is 130 Å². The number of alkyl halides is 6. The minimum atomic E-state index is -4.79. The number of nitrogens with two attached hydrogens (primary N) is 2. The van der Waals surface area contributed by atoms with Gasteiger partial charge in [0, 0.05) is 166 Å². The number of amides is 8. The van der Waals surface area contributed by atoms with Gasteiger partial charge in [0.2, 0.25) is 0 Å². The molecule has 636 valence electrons. The number of hydrogen-bond acceptors (Lipinski definition) is 18. The maximum Gasteiger partial charge on any atom is 0.418 e. The molecule has 4 aromatic carbocycles. The molecule has 0 spiro atoms. The highest BCUT2D eigenvalue weighted by Crippen LogP contribution is 2.41. The number of rotatable bonds is 20. The largest absolute Gasteiger partial charge is 0.465 e. The molecule has 6 N–H and O–H groups in total. The van der Waals surface area contributed by atoms with Crippen molar-refractivity contribution < 1.29 is 83.6 Å². The van der Waals surface area contributed by atoms with Gasteiger partial charge in [0.25, 0.3) is 11.8 Å². The van der Waals surface area contributed by atoms with Gasteiger partial charge in [0.1, 0.15) is 11.1 Å². The van der Waals surface area contributed by atoms with Crippen LogP contribution in [0.2, 0.25) is 10.0 Å². The predicted octanol–water partition coefficient (Wildman–Crippen LogP) is 11.8. The molecule has 34 heteroatoms. The summed E-state index contributed by atoms with van der Waals surface area (Å²) < 4.78 is 106. The molecular formula is C82H110Cl2F6N14O12. The van der Waals surface area contributed by atoms with Crippen LogP contribution in [-0.2, 0) is 76.2 Å². The number of urea groups is 2. The summed E-state index contributed by atoms with van der Waals surface area (Å²) >= 11 is 12.3. The Balaban J connectivity index is 0.000000228. The van der Waals surface area contributed by atoms with Crippen LogP contribution in [0.4, 0.5) is 68.3 Å². The lowest BCUT2D eigenvalue weighted by atomic mass is 9.95. The fourth-order valence-corrected chi connectivity index (χ4v) is 17.6. The van der Waals surface area contributed by atoms with Crippen molar-refractivity contribution in [1.82, 2.24) is 49.0 Å². The van der Waals surface area contributed by atoms with Crippen LogP contribution in [0.25, 0.3) is 0 Å². The lowest BCUT2D eigenvalue weighted by Gasteiger charge is -2.46. The van der Waals surface area contributed by atoms with Crippen molar-refractivity contribution in [3.63, 3.8) is 0 Å². The first kappa shape index (κ1) is 88.3. The van der Waals surface area contributed by atoms with E-state index in [1.54, 1.807) is 26.5 Å². The van der Waals surface area contributed by atoms with Crippen molar-refractivity contribution in [2.45, 2.75) is 191 Å². The number of piperidine rings is 4. The van der Waals surface area contributed by atoms with Gasteiger partial charge in [0.15, 0.2) is 12.2 Å². The minimum absolute atomic E-state index is 0.0516. The van der Waals surface area contributed by atoms with E-state index >= 15 is 0 Å². The standard InChI is InChI=1S/C42H57ClF3N7O6.C40H53ClF3N7O6/c1-4-5-24-58-38(55)41(2,3)52-17-13-30(14-18-52)49-20-22-50(23-21-49)37(54)35(27-28-25-32(42(44,45)46)36(47)33(43)26-28)59-40(57)51-15-11-31(12-16-51)53-19-10-29-8-6-7-9-34(29)48-39(53)56;1-4-56-36(53)39(2,3)50-16-12-28(13-17-50)47-19-21-48(22-20-47)35(52)33(25-26-23-30(40(42,43)44)34(45)31(41)24-26)57-38(55)49-14-10-29(11-15-49)51-18-9-27-7-5-6-8-32(27)46-37(51)54/h6-9,25-26,30-31,35H,4-5,10-24,27,47H2,1-3H3,(H,48,56);5-8,23-24,28-29,33H,4,9-22,25,45H2,1-3H3,(H,46,54)/t35-;33-/m11/s1. The molecule has 8 aliphatic heterocycles. The van der Waals surface area contributed by atoms with E-state index in [9.17, 15) is 64.7 Å². The van der Waals surface area contributed by atoms with Crippen LogP contribution in [0.1, 0.15) is 139 Å². The quantitative estimate of drug-likeness (QED) is 0.0210. The number of nitrogens with zero attached hydrogens (tertiary/aromatic N) is 10. The molecule has 0 bridgehead atoms. The molecule has 6 fully saturated rings. The van der Waals surface area contributed by atoms with Crippen molar-refractivity contribution in [2.24, 2.45) is 0 Å². The number of esters is 2. The first-order valence-corrected chi connectivity index (χ1v) is 41.3. The highest BCUT2D eigenvalue weighted by atomic mass is 35.5. The molecule has 116 heavy (non-hydrogen) atoms. The molecule has 8 heterocycles. The van der Waals surface area contributed by atoms with Crippen molar-refractivity contribution in [1.29, 1.82) is 0 Å². The Labute approximate surface area is 683 Å². The van der Waals surface area contributed by atoms with Crippen LogP contribution in [0.3, 0.4) is 0 Å². The molecule has 0 radical (unpaired) electrons. The molecule has 8 amide bonds. The average Bonchev–Trinajstić information content (AvgIpc) is 1.10. The zero-order valence-electron chi connectivity index (χ0n) is 67.0. The number of piperazine rings is 2. The number of nitrogen functional groups attached to an aromatic ring is 2. The zero-order valence-corrected chi connectivity index (χ0v) is 68.5. The van der Waals surface area contributed by atoms with E-state index in [0.717, 1.165) is 86.2 Å². The summed E-state index contributed by atoms with van der Waals surface area (Å²) in [6.07, 6.45) is -6.18. The summed E-state index contributed by atoms with van der Waals surface area (Å²) in [5.74, 6) is -1.49. The Bertz CT molecular complexity index is 4130. The van der Waals surface area contributed by atoms with E-state index in [1.807, 2.05) is 83.1 Å². The number of fused-ring (bicyclic) bond motifs is 2. The Kier molecular flexibility index (Phi) is 29.3. The van der Waals surface area contributed by atoms with Crippen LogP contribution in [0.15, 0.2) is 72.8 Å². The maximum atomic E-state index is 14.2. The van der Waals surface area contributed by atoms with Crippen molar-refractivity contribution in [3.05, 3.63) is 116 Å². The van der Waals surface area contributed by atoms with Crippen LogP contribution in [0.5, 0.6) is 0 Å². The predicted molar refractivity (Wildman–Crippen MR) is 427 cm³/mol. The number of carbonyl (C=O) groups is 8. The highest BCUT2D eigenvalue weighted by molar-refractivity contribution is 6.33. The number of hydrogen-bond donors (Lipinski definition) is 4. The van der Waals surface area contributed by atoms with Gasteiger partial charge in [-0.2, -0.15) is 26.3 Å². The number of para-hydroxylation sites is 2. The van der Waals surface area contributed by atoms with Crippen molar-refractivity contribution in [2.75, 3.05) is 153 Å². The Morgan fingerprint density at radius 2 is 0.828 bits per heavy atom. The third kappa shape index (κ3) is 21.5. The summed E-state index contributed by atoms with van der Waals surface area (Å²) in [6.45, 7) is 20.7. The number of ether oxygens (including phenoxy) is 4. The number of unbranched alkanes of at least 4 members (excludes halogenated alkanes) is 1. The fraction of sp³-hybridized carbons (Fsp3) is 0.610. The van der Waals surface area contributed by atoms with Gasteiger partial charge in [-0.1, -0.05) is 72.9 Å². The summed E-state index contributed by atoms with van der Waals surface area (Å²) in [7, 11) is 0. The van der Waals surface area contributed by atoms with Gasteiger partial charge < -0.3 is 70.4 Å². The molecule has 4 aromatic rings. The van der Waals surface area contributed by atoms with Crippen LogP contribution in [-0.4, -0.2) is 275 Å². The molecule has 12 rings (SSSR count). The zero-order chi connectivity index (χ0) is 83.6. The van der Waals surface area contributed by atoms with Crippen LogP contribution in [0, 0.1) is 0 Å². The van der Waals surface area contributed by atoms with E-state index in [1.165, 1.54) is 21.9 Å². The molecule has 0 aromatic heterocycles. The van der Waals surface area contributed by atoms with E-state index in [4.69, 9.17) is 53.6 Å². The summed E-state index contributed by atoms with van der Waals surface area (Å²) in [6, 6.07) is 19.4. The first-order chi connectivity index (χ1) is 55.1. The number of likely N-dealkylation sites (tertiary alicyclic amines) is 4. The Morgan fingerprint density at radius 3 is 1.18 bits per heavy atom. The summed E-state index contributed by atoms with van der Waals surface area (Å²) in [4.78, 5) is 126. The van der Waals surface area contributed by atoms with Gasteiger partial charge in [0.05, 0.1) is 45.8 Å². The fourth-order valence-electron chi connectivity index (χ4n) is 17.1. The molecular weight excluding hydrogens is 1560 g/mol. The summed E-state index contributed by atoms with van der Waals surface area (Å²) in [5, 5.41) is 5.34. The third-order valence-corrected chi connectivity index (χ3v) is 24.9. The molecule has 6 saturated heterocycles. The second kappa shape index (κ2) is 38.4. The molecule has 2 atom stereocenters.